The van der Waals surface area contributed by atoms with Crippen molar-refractivity contribution in [3.8, 4) is 5.75 Å². The Morgan fingerprint density at radius 2 is 2.24 bits per heavy atom. The van der Waals surface area contributed by atoms with Gasteiger partial charge in [-0.15, -0.1) is 12.4 Å². The van der Waals surface area contributed by atoms with Gasteiger partial charge < -0.3 is 15.4 Å². The van der Waals surface area contributed by atoms with Crippen LogP contribution in [0.4, 0.5) is 0 Å². The first kappa shape index (κ1) is 19.3. The fraction of sp³-hybridized carbons (Fsp3) is 0.444. The lowest BCUT2D eigenvalue weighted by Crippen LogP contribution is -2.28. The molecule has 0 saturated heterocycles. The average molecular weight is 365 g/mol. The molecule has 0 radical (unpaired) electrons. The van der Waals surface area contributed by atoms with Gasteiger partial charge in [-0.25, -0.2) is 0 Å². The van der Waals surface area contributed by atoms with Crippen molar-refractivity contribution in [3.05, 3.63) is 46.8 Å². The SMILES string of the molecule is CC(C)COc1cccc(CNC(=O)c2n[nH]c3c2CNCC3)c1.Cl. The Labute approximate surface area is 154 Å². The highest BCUT2D eigenvalue weighted by Gasteiger charge is 2.21. The summed E-state index contributed by atoms with van der Waals surface area (Å²) < 4.78 is 5.72. The third-order valence-electron chi connectivity index (χ3n) is 3.96. The summed E-state index contributed by atoms with van der Waals surface area (Å²) in [6, 6.07) is 7.81. The Morgan fingerprint density at radius 3 is 3.04 bits per heavy atom. The minimum atomic E-state index is -0.148. The molecule has 0 unspecified atom stereocenters. The van der Waals surface area contributed by atoms with Crippen molar-refractivity contribution >= 4 is 18.3 Å². The molecular weight excluding hydrogens is 340 g/mol. The highest BCUT2D eigenvalue weighted by atomic mass is 35.5. The number of fused-ring (bicyclic) bond motifs is 1. The third kappa shape index (κ3) is 4.96. The Bertz CT molecular complexity index is 715. The van der Waals surface area contributed by atoms with Crippen LogP contribution < -0.4 is 15.4 Å². The highest BCUT2D eigenvalue weighted by molar-refractivity contribution is 5.94. The number of nitrogens with zero attached hydrogens (tertiary/aromatic N) is 1. The van der Waals surface area contributed by atoms with Crippen LogP contribution >= 0.6 is 12.4 Å². The minimum Gasteiger partial charge on any atom is -0.493 e. The second-order valence-electron chi connectivity index (χ2n) is 6.49. The molecule has 3 rings (SSSR count). The largest absolute Gasteiger partial charge is 0.493 e. The molecule has 1 aromatic heterocycles. The maximum Gasteiger partial charge on any atom is 0.272 e. The number of rotatable bonds is 6. The van der Waals surface area contributed by atoms with Gasteiger partial charge in [-0.3, -0.25) is 9.89 Å². The van der Waals surface area contributed by atoms with E-state index < -0.39 is 0 Å². The number of carbonyl (C=O) groups excluding carboxylic acids is 1. The summed E-state index contributed by atoms with van der Waals surface area (Å²) in [7, 11) is 0. The molecule has 6 nitrogen and oxygen atoms in total. The number of hydrogen-bond donors (Lipinski definition) is 3. The monoisotopic (exact) mass is 364 g/mol. The van der Waals surface area contributed by atoms with Crippen LogP contribution in [-0.2, 0) is 19.5 Å². The summed E-state index contributed by atoms with van der Waals surface area (Å²) in [6.45, 7) is 6.97. The first-order chi connectivity index (χ1) is 11.6. The van der Waals surface area contributed by atoms with E-state index in [0.29, 0.717) is 31.3 Å². The molecule has 1 aliphatic rings. The smallest absolute Gasteiger partial charge is 0.272 e. The van der Waals surface area contributed by atoms with E-state index in [9.17, 15) is 4.79 Å². The summed E-state index contributed by atoms with van der Waals surface area (Å²) in [5.74, 6) is 1.16. The average Bonchev–Trinajstić information content (AvgIpc) is 3.02. The van der Waals surface area contributed by atoms with Crippen molar-refractivity contribution < 1.29 is 9.53 Å². The predicted molar refractivity (Wildman–Crippen MR) is 99.2 cm³/mol. The lowest BCUT2D eigenvalue weighted by atomic mass is 10.1. The van der Waals surface area contributed by atoms with Gasteiger partial charge in [-0.05, 0) is 23.6 Å². The molecule has 2 aromatic rings. The number of aromatic amines is 1. The molecule has 0 atom stereocenters. The number of amides is 1. The van der Waals surface area contributed by atoms with Crippen molar-refractivity contribution in [1.82, 2.24) is 20.8 Å². The minimum absolute atomic E-state index is 0. The quantitative estimate of drug-likeness (QED) is 0.735. The lowest BCUT2D eigenvalue weighted by Gasteiger charge is -2.13. The second kappa shape index (κ2) is 8.87. The molecule has 136 valence electrons. The van der Waals surface area contributed by atoms with Gasteiger partial charge in [-0.2, -0.15) is 5.10 Å². The van der Waals surface area contributed by atoms with E-state index in [1.54, 1.807) is 0 Å². The van der Waals surface area contributed by atoms with Gasteiger partial charge in [0.1, 0.15) is 5.75 Å². The number of carbonyl (C=O) groups is 1. The van der Waals surface area contributed by atoms with E-state index in [1.807, 2.05) is 24.3 Å². The Kier molecular flexibility index (Phi) is 6.84. The van der Waals surface area contributed by atoms with Crippen molar-refractivity contribution in [2.24, 2.45) is 5.92 Å². The maximum atomic E-state index is 12.4. The molecule has 0 saturated carbocycles. The van der Waals surface area contributed by atoms with Crippen LogP contribution in [0.3, 0.4) is 0 Å². The summed E-state index contributed by atoms with van der Waals surface area (Å²) in [5, 5.41) is 13.4. The van der Waals surface area contributed by atoms with Crippen molar-refractivity contribution in [3.63, 3.8) is 0 Å². The van der Waals surface area contributed by atoms with Gasteiger partial charge >= 0.3 is 0 Å². The number of halogens is 1. The molecule has 1 aromatic carbocycles. The van der Waals surface area contributed by atoms with Gasteiger partial charge in [0.15, 0.2) is 5.69 Å². The number of H-pyrrole nitrogens is 1. The molecule has 0 bridgehead atoms. The van der Waals surface area contributed by atoms with E-state index >= 15 is 0 Å². The van der Waals surface area contributed by atoms with Crippen LogP contribution in [0.25, 0.3) is 0 Å². The van der Waals surface area contributed by atoms with E-state index in [-0.39, 0.29) is 18.3 Å². The maximum absolute atomic E-state index is 12.4. The summed E-state index contributed by atoms with van der Waals surface area (Å²) in [6.07, 6.45) is 0.880. The zero-order chi connectivity index (χ0) is 16.9. The van der Waals surface area contributed by atoms with Crippen LogP contribution in [0.5, 0.6) is 5.75 Å². The first-order valence-corrected chi connectivity index (χ1v) is 8.40. The molecule has 3 N–H and O–H groups in total. The second-order valence-corrected chi connectivity index (χ2v) is 6.49. The fourth-order valence-corrected chi connectivity index (χ4v) is 2.69. The Balaban J connectivity index is 0.00000225. The molecule has 1 amide bonds. The Hall–Kier alpha value is -2.05. The number of hydrogen-bond acceptors (Lipinski definition) is 4. The van der Waals surface area contributed by atoms with Crippen LogP contribution in [0, 0.1) is 5.92 Å². The van der Waals surface area contributed by atoms with Gasteiger partial charge in [-0.1, -0.05) is 26.0 Å². The molecule has 2 heterocycles. The van der Waals surface area contributed by atoms with E-state index in [1.165, 1.54) is 0 Å². The number of aromatic nitrogens is 2. The summed E-state index contributed by atoms with van der Waals surface area (Å²) in [5.41, 5.74) is 3.53. The van der Waals surface area contributed by atoms with Crippen LogP contribution in [0.15, 0.2) is 24.3 Å². The van der Waals surface area contributed by atoms with Crippen molar-refractivity contribution in [2.45, 2.75) is 33.4 Å². The lowest BCUT2D eigenvalue weighted by molar-refractivity contribution is 0.0944. The number of benzene rings is 1. The topological polar surface area (TPSA) is 79.0 Å². The van der Waals surface area contributed by atoms with E-state index in [2.05, 4.69) is 34.7 Å². The third-order valence-corrected chi connectivity index (χ3v) is 3.96. The van der Waals surface area contributed by atoms with Gasteiger partial charge in [0.05, 0.1) is 6.61 Å². The first-order valence-electron chi connectivity index (χ1n) is 8.40. The molecule has 0 aliphatic carbocycles. The number of ether oxygens (including phenoxy) is 1. The molecule has 7 heteroatoms. The zero-order valence-electron chi connectivity index (χ0n) is 14.6. The van der Waals surface area contributed by atoms with Gasteiger partial charge in [0.25, 0.3) is 5.91 Å². The van der Waals surface area contributed by atoms with Crippen molar-refractivity contribution in [1.29, 1.82) is 0 Å². The van der Waals surface area contributed by atoms with Gasteiger partial charge in [0.2, 0.25) is 0 Å². The van der Waals surface area contributed by atoms with Gasteiger partial charge in [0, 0.05) is 37.3 Å². The van der Waals surface area contributed by atoms with E-state index in [0.717, 1.165) is 35.5 Å². The molecule has 0 spiro atoms. The fourth-order valence-electron chi connectivity index (χ4n) is 2.69. The van der Waals surface area contributed by atoms with Crippen LogP contribution in [0.2, 0.25) is 0 Å². The molecule has 25 heavy (non-hydrogen) atoms. The number of nitrogens with one attached hydrogen (secondary N) is 3. The Morgan fingerprint density at radius 1 is 1.40 bits per heavy atom. The highest BCUT2D eigenvalue weighted by Crippen LogP contribution is 2.16. The molecule has 0 fully saturated rings. The predicted octanol–water partition coefficient (Wildman–Crippen LogP) is 2.44. The molecule has 1 aliphatic heterocycles. The van der Waals surface area contributed by atoms with Crippen molar-refractivity contribution in [2.75, 3.05) is 13.2 Å². The normalized spacial score (nSPS) is 13.1. The standard InChI is InChI=1S/C18H24N4O2.ClH/c1-12(2)11-24-14-5-3-4-13(8-14)9-20-18(23)17-15-10-19-7-6-16(15)21-22-17;/h3-5,8,12,19H,6-7,9-11H2,1-2H3,(H,20,23)(H,21,22);1H. The van der Waals surface area contributed by atoms with Crippen LogP contribution in [-0.4, -0.2) is 29.3 Å². The zero-order valence-corrected chi connectivity index (χ0v) is 15.4. The molecular formula is C18H25ClN4O2. The summed E-state index contributed by atoms with van der Waals surface area (Å²) in [4.78, 5) is 12.4. The van der Waals surface area contributed by atoms with E-state index in [4.69, 9.17) is 4.74 Å². The van der Waals surface area contributed by atoms with Crippen LogP contribution in [0.1, 0.15) is 41.2 Å². The summed E-state index contributed by atoms with van der Waals surface area (Å²) >= 11 is 0.